The first kappa shape index (κ1) is 27.3. The molecule has 212 valence electrons. The Bertz CT molecular complexity index is 1870. The molecule has 0 bridgehead atoms. The quantitative estimate of drug-likeness (QED) is 0.138. The van der Waals surface area contributed by atoms with E-state index in [0.29, 0.717) is 17.7 Å². The summed E-state index contributed by atoms with van der Waals surface area (Å²) in [6.07, 6.45) is 4.01. The number of phenols is 1. The van der Waals surface area contributed by atoms with Crippen LogP contribution in [0, 0.1) is 0 Å². The first-order valence-corrected chi connectivity index (χ1v) is 14.5. The number of unbranched alkanes of at least 4 members (excludes halogenated alkanes) is 2. The number of imidazole rings is 2. The van der Waals surface area contributed by atoms with Gasteiger partial charge in [0.1, 0.15) is 17.4 Å². The maximum atomic E-state index is 12.4. The monoisotopic (exact) mass is 558 g/mol. The predicted molar refractivity (Wildman–Crippen MR) is 167 cm³/mol. The van der Waals surface area contributed by atoms with E-state index in [1.807, 2.05) is 42.5 Å². The van der Waals surface area contributed by atoms with E-state index in [9.17, 15) is 9.90 Å². The Morgan fingerprint density at radius 3 is 2.31 bits per heavy atom. The average Bonchev–Trinajstić information content (AvgIpc) is 3.58. The second kappa shape index (κ2) is 11.9. The van der Waals surface area contributed by atoms with Gasteiger partial charge in [-0.2, -0.15) is 0 Å². The van der Waals surface area contributed by atoms with E-state index < -0.39 is 0 Å². The maximum Gasteiger partial charge on any atom is 0.337 e. The number of phenolic OH excluding ortho intramolecular Hbond substituents is 1. The molecule has 4 aromatic carbocycles. The van der Waals surface area contributed by atoms with E-state index >= 15 is 0 Å². The van der Waals surface area contributed by atoms with E-state index in [-0.39, 0.29) is 11.7 Å². The number of aromatic nitrogens is 4. The Kier molecular flexibility index (Phi) is 7.73. The summed E-state index contributed by atoms with van der Waals surface area (Å²) in [5.41, 5.74) is 6.88. The molecule has 2 aromatic heterocycles. The Morgan fingerprint density at radius 1 is 0.786 bits per heavy atom. The highest BCUT2D eigenvalue weighted by Gasteiger charge is 2.22. The topological polar surface area (TPSA) is 82.2 Å². The first-order valence-electron chi connectivity index (χ1n) is 14.5. The highest BCUT2D eigenvalue weighted by molar-refractivity contribution is 5.97. The Labute approximate surface area is 245 Å². The fourth-order valence-corrected chi connectivity index (χ4v) is 5.66. The van der Waals surface area contributed by atoms with Gasteiger partial charge in [0, 0.05) is 18.7 Å². The van der Waals surface area contributed by atoms with Crippen molar-refractivity contribution in [2.24, 2.45) is 0 Å². The molecule has 1 N–H and O–H groups in total. The van der Waals surface area contributed by atoms with Gasteiger partial charge in [-0.05, 0) is 60.9 Å². The van der Waals surface area contributed by atoms with Crippen LogP contribution in [0.1, 0.15) is 42.1 Å². The number of rotatable bonds is 10. The van der Waals surface area contributed by atoms with E-state index in [0.717, 1.165) is 71.5 Å². The van der Waals surface area contributed by atoms with Crippen molar-refractivity contribution in [1.29, 1.82) is 0 Å². The number of aryl methyl sites for hydroxylation is 3. The van der Waals surface area contributed by atoms with Crippen LogP contribution >= 0.6 is 0 Å². The minimum atomic E-state index is -0.388. The predicted octanol–water partition coefficient (Wildman–Crippen LogP) is 7.65. The van der Waals surface area contributed by atoms with Crippen LogP contribution in [-0.4, -0.2) is 37.3 Å². The van der Waals surface area contributed by atoms with Gasteiger partial charge in [0.25, 0.3) is 0 Å². The van der Waals surface area contributed by atoms with Crippen molar-refractivity contribution in [3.8, 4) is 28.5 Å². The molecule has 7 heteroatoms. The fourth-order valence-electron chi connectivity index (χ4n) is 5.66. The van der Waals surface area contributed by atoms with Crippen molar-refractivity contribution in [2.75, 3.05) is 7.11 Å². The van der Waals surface area contributed by atoms with Crippen molar-refractivity contribution in [1.82, 2.24) is 19.1 Å². The van der Waals surface area contributed by atoms with Gasteiger partial charge in [-0.25, -0.2) is 14.8 Å². The maximum absolute atomic E-state index is 12.4. The molecule has 0 spiro atoms. The largest absolute Gasteiger partial charge is 0.507 e. The highest BCUT2D eigenvalue weighted by atomic mass is 16.5. The number of esters is 1. The first-order chi connectivity index (χ1) is 20.6. The SMILES string of the molecule is CCCCCn1c(-c2ccccc2O)nc2cccc(-c3nc4cc(C(=O)OC)ccc4n3CCc3ccccc3)c21. The molecule has 0 unspecified atom stereocenters. The second-order valence-electron chi connectivity index (χ2n) is 10.5. The summed E-state index contributed by atoms with van der Waals surface area (Å²) in [6.45, 7) is 3.67. The summed E-state index contributed by atoms with van der Waals surface area (Å²) in [7, 11) is 1.39. The summed E-state index contributed by atoms with van der Waals surface area (Å²) in [5, 5.41) is 10.8. The minimum Gasteiger partial charge on any atom is -0.507 e. The lowest BCUT2D eigenvalue weighted by Gasteiger charge is -2.14. The lowest BCUT2D eigenvalue weighted by Crippen LogP contribution is -2.06. The zero-order valence-electron chi connectivity index (χ0n) is 24.0. The third kappa shape index (κ3) is 5.14. The number of hydrogen-bond acceptors (Lipinski definition) is 5. The molecule has 0 aliphatic carbocycles. The fraction of sp³-hybridized carbons (Fsp3) is 0.229. The van der Waals surface area contributed by atoms with E-state index in [1.54, 1.807) is 18.2 Å². The van der Waals surface area contributed by atoms with E-state index in [4.69, 9.17) is 14.7 Å². The number of hydrogen-bond donors (Lipinski definition) is 1. The molecule has 0 amide bonds. The summed E-state index contributed by atoms with van der Waals surface area (Å²) in [5.74, 6) is 1.37. The molecule has 2 heterocycles. The van der Waals surface area contributed by atoms with Crippen LogP contribution in [0.4, 0.5) is 0 Å². The number of methoxy groups -OCH3 is 1. The number of carbonyl (C=O) groups excluding carboxylic acids is 1. The van der Waals surface area contributed by atoms with E-state index in [1.165, 1.54) is 12.7 Å². The number of para-hydroxylation sites is 2. The standard InChI is InChI=1S/C35H34N4O3/c1-3-4-10-21-39-32-27(15-11-16-28(32)36-33(39)26-14-8-9-17-31(26)40)34-37-29-23-25(35(41)42-2)18-19-30(29)38(34)22-20-24-12-6-5-7-13-24/h5-9,11-19,23,40H,3-4,10,20-22H2,1-2H3. The van der Waals surface area contributed by atoms with Gasteiger partial charge in [-0.15, -0.1) is 0 Å². The zero-order chi connectivity index (χ0) is 29.1. The van der Waals surface area contributed by atoms with Crippen LogP contribution in [-0.2, 0) is 24.2 Å². The van der Waals surface area contributed by atoms with Gasteiger partial charge < -0.3 is 19.0 Å². The summed E-state index contributed by atoms with van der Waals surface area (Å²) in [6, 6.07) is 29.4. The van der Waals surface area contributed by atoms with Crippen molar-refractivity contribution >= 4 is 28.0 Å². The van der Waals surface area contributed by atoms with Crippen LogP contribution in [0.15, 0.2) is 91.0 Å². The Morgan fingerprint density at radius 2 is 1.52 bits per heavy atom. The smallest absolute Gasteiger partial charge is 0.337 e. The molecule has 0 aliphatic rings. The second-order valence-corrected chi connectivity index (χ2v) is 10.5. The Balaban J connectivity index is 1.57. The molecular weight excluding hydrogens is 524 g/mol. The number of nitrogens with zero attached hydrogens (tertiary/aromatic N) is 4. The normalized spacial score (nSPS) is 11.4. The molecule has 0 radical (unpaired) electrons. The summed E-state index contributed by atoms with van der Waals surface area (Å²) >= 11 is 0. The molecule has 0 aliphatic heterocycles. The van der Waals surface area contributed by atoms with Gasteiger partial charge in [0.2, 0.25) is 0 Å². The molecule has 0 saturated carbocycles. The summed E-state index contributed by atoms with van der Waals surface area (Å²) in [4.78, 5) is 22.5. The van der Waals surface area contributed by atoms with Crippen LogP contribution < -0.4 is 0 Å². The molecular formula is C35H34N4O3. The van der Waals surface area contributed by atoms with Gasteiger partial charge in [0.15, 0.2) is 0 Å². The number of aromatic hydroxyl groups is 1. The zero-order valence-corrected chi connectivity index (χ0v) is 24.0. The number of carbonyl (C=O) groups is 1. The Hall–Kier alpha value is -4.91. The van der Waals surface area contributed by atoms with Crippen molar-refractivity contribution < 1.29 is 14.6 Å². The number of benzene rings is 4. The van der Waals surface area contributed by atoms with Crippen LogP contribution in [0.3, 0.4) is 0 Å². The van der Waals surface area contributed by atoms with Crippen LogP contribution in [0.2, 0.25) is 0 Å². The van der Waals surface area contributed by atoms with Crippen molar-refractivity contribution in [2.45, 2.75) is 45.7 Å². The molecule has 42 heavy (non-hydrogen) atoms. The molecule has 6 aromatic rings. The average molecular weight is 559 g/mol. The lowest BCUT2D eigenvalue weighted by atomic mass is 10.1. The molecule has 6 rings (SSSR count). The third-order valence-electron chi connectivity index (χ3n) is 7.77. The molecule has 0 saturated heterocycles. The molecule has 0 fully saturated rings. The lowest BCUT2D eigenvalue weighted by molar-refractivity contribution is 0.0601. The van der Waals surface area contributed by atoms with Crippen LogP contribution in [0.25, 0.3) is 44.8 Å². The highest BCUT2D eigenvalue weighted by Crippen LogP contribution is 2.37. The third-order valence-corrected chi connectivity index (χ3v) is 7.77. The van der Waals surface area contributed by atoms with Gasteiger partial charge >= 0.3 is 5.97 Å². The molecule has 0 atom stereocenters. The van der Waals surface area contributed by atoms with E-state index in [2.05, 4.69) is 46.4 Å². The number of ether oxygens (including phenoxy) is 1. The van der Waals surface area contributed by atoms with Crippen molar-refractivity contribution in [3.63, 3.8) is 0 Å². The van der Waals surface area contributed by atoms with Gasteiger partial charge in [-0.3, -0.25) is 0 Å². The van der Waals surface area contributed by atoms with Crippen molar-refractivity contribution in [3.05, 3.63) is 102 Å². The van der Waals surface area contributed by atoms with Crippen LogP contribution in [0.5, 0.6) is 5.75 Å². The minimum absolute atomic E-state index is 0.205. The molecule has 7 nitrogen and oxygen atoms in total. The van der Waals surface area contributed by atoms with Gasteiger partial charge in [0.05, 0.1) is 40.3 Å². The van der Waals surface area contributed by atoms with Gasteiger partial charge in [-0.1, -0.05) is 68.3 Å². The summed E-state index contributed by atoms with van der Waals surface area (Å²) < 4.78 is 9.45. The number of fused-ring (bicyclic) bond motifs is 2.